The van der Waals surface area contributed by atoms with Gasteiger partial charge in [-0.2, -0.15) is 4.98 Å². The molecule has 20 heavy (non-hydrogen) atoms. The molecule has 7 heteroatoms. The summed E-state index contributed by atoms with van der Waals surface area (Å²) in [6, 6.07) is 4.37. The van der Waals surface area contributed by atoms with Gasteiger partial charge in [-0.1, -0.05) is 5.16 Å². The van der Waals surface area contributed by atoms with Gasteiger partial charge >= 0.3 is 5.97 Å². The minimum absolute atomic E-state index is 0.166. The highest BCUT2D eigenvalue weighted by molar-refractivity contribution is 9.10. The topological polar surface area (TPSA) is 65.2 Å². The van der Waals surface area contributed by atoms with E-state index in [-0.39, 0.29) is 24.1 Å². The van der Waals surface area contributed by atoms with Crippen LogP contribution in [0.1, 0.15) is 25.7 Å². The first-order valence-corrected chi connectivity index (χ1v) is 6.78. The van der Waals surface area contributed by atoms with Crippen molar-refractivity contribution in [3.8, 4) is 11.4 Å². The molecule has 2 rings (SSSR count). The van der Waals surface area contributed by atoms with Crippen molar-refractivity contribution in [3.63, 3.8) is 0 Å². The fourth-order valence-electron chi connectivity index (χ4n) is 1.53. The first kappa shape index (κ1) is 14.6. The van der Waals surface area contributed by atoms with Crippen molar-refractivity contribution in [3.05, 3.63) is 34.4 Å². The molecule has 0 bridgehead atoms. The van der Waals surface area contributed by atoms with Gasteiger partial charge in [0.15, 0.2) is 0 Å². The van der Waals surface area contributed by atoms with E-state index in [2.05, 4.69) is 26.1 Å². The van der Waals surface area contributed by atoms with Gasteiger partial charge in [0, 0.05) is 5.56 Å². The fourth-order valence-corrected chi connectivity index (χ4v) is 1.91. The van der Waals surface area contributed by atoms with E-state index >= 15 is 0 Å². The van der Waals surface area contributed by atoms with Crippen LogP contribution in [0, 0.1) is 5.82 Å². The molecule has 1 unspecified atom stereocenters. The third kappa shape index (κ3) is 3.04. The van der Waals surface area contributed by atoms with Crippen LogP contribution in [0.4, 0.5) is 4.39 Å². The van der Waals surface area contributed by atoms with E-state index in [1.807, 2.05) is 0 Å². The number of rotatable bonds is 4. The Bertz CT molecular complexity index is 630. The number of hydrogen-bond acceptors (Lipinski definition) is 5. The van der Waals surface area contributed by atoms with E-state index in [4.69, 9.17) is 9.26 Å². The minimum atomic E-state index is -0.639. The normalized spacial score (nSPS) is 12.2. The number of esters is 1. The molecular weight excluding hydrogens is 331 g/mol. The first-order chi connectivity index (χ1) is 9.52. The number of ether oxygens (including phenoxy) is 1. The maximum Gasteiger partial charge on any atom is 0.318 e. The van der Waals surface area contributed by atoms with Crippen molar-refractivity contribution >= 4 is 21.9 Å². The molecule has 1 aromatic carbocycles. The van der Waals surface area contributed by atoms with Gasteiger partial charge in [-0.3, -0.25) is 4.79 Å². The summed E-state index contributed by atoms with van der Waals surface area (Å²) in [6.45, 7) is 3.63. The highest BCUT2D eigenvalue weighted by Crippen LogP contribution is 2.25. The standard InChI is InChI=1S/C13H12BrFN2O3/c1-3-19-13(18)7(2)12-16-11(17-20-12)8-4-5-10(15)9(14)6-8/h4-7H,3H2,1-2H3. The van der Waals surface area contributed by atoms with Crippen LogP contribution in [0.3, 0.4) is 0 Å². The minimum Gasteiger partial charge on any atom is -0.465 e. The van der Waals surface area contributed by atoms with E-state index in [0.29, 0.717) is 10.0 Å². The predicted molar refractivity (Wildman–Crippen MR) is 72.4 cm³/mol. The summed E-state index contributed by atoms with van der Waals surface area (Å²) >= 11 is 3.09. The second-order valence-corrected chi connectivity index (χ2v) is 4.91. The van der Waals surface area contributed by atoms with Gasteiger partial charge in [0.1, 0.15) is 11.7 Å². The van der Waals surface area contributed by atoms with Crippen LogP contribution in [0.2, 0.25) is 0 Å². The van der Waals surface area contributed by atoms with E-state index < -0.39 is 11.9 Å². The van der Waals surface area contributed by atoms with Gasteiger partial charge in [0.2, 0.25) is 11.7 Å². The molecule has 0 aliphatic carbocycles. The van der Waals surface area contributed by atoms with Crippen molar-refractivity contribution in [1.82, 2.24) is 10.1 Å². The summed E-state index contributed by atoms with van der Waals surface area (Å²) in [5, 5.41) is 3.78. The summed E-state index contributed by atoms with van der Waals surface area (Å²) < 4.78 is 23.4. The Morgan fingerprint density at radius 1 is 1.55 bits per heavy atom. The zero-order valence-corrected chi connectivity index (χ0v) is 12.5. The largest absolute Gasteiger partial charge is 0.465 e. The highest BCUT2D eigenvalue weighted by Gasteiger charge is 2.23. The Balaban J connectivity index is 2.24. The number of aromatic nitrogens is 2. The maximum absolute atomic E-state index is 13.2. The number of hydrogen-bond donors (Lipinski definition) is 0. The predicted octanol–water partition coefficient (Wildman–Crippen LogP) is 3.30. The SMILES string of the molecule is CCOC(=O)C(C)c1nc(-c2ccc(F)c(Br)c2)no1. The monoisotopic (exact) mass is 342 g/mol. The second-order valence-electron chi connectivity index (χ2n) is 4.06. The van der Waals surface area contributed by atoms with Gasteiger partial charge in [0.05, 0.1) is 11.1 Å². The van der Waals surface area contributed by atoms with Crippen molar-refractivity contribution in [2.45, 2.75) is 19.8 Å². The smallest absolute Gasteiger partial charge is 0.318 e. The summed E-state index contributed by atoms with van der Waals surface area (Å²) in [6.07, 6.45) is 0. The molecule has 106 valence electrons. The quantitative estimate of drug-likeness (QED) is 0.797. The van der Waals surface area contributed by atoms with Crippen LogP contribution in [0.5, 0.6) is 0 Å². The van der Waals surface area contributed by atoms with Gasteiger partial charge in [-0.15, -0.1) is 0 Å². The number of nitrogens with zero attached hydrogens (tertiary/aromatic N) is 2. The molecule has 0 fully saturated rings. The van der Waals surface area contributed by atoms with Crippen LogP contribution in [-0.4, -0.2) is 22.7 Å². The number of carbonyl (C=O) groups is 1. The van der Waals surface area contributed by atoms with Crippen LogP contribution >= 0.6 is 15.9 Å². The number of carbonyl (C=O) groups excluding carboxylic acids is 1. The molecule has 0 aliphatic rings. The molecule has 2 aromatic rings. The number of halogens is 2. The Kier molecular flexibility index (Phi) is 4.49. The molecule has 5 nitrogen and oxygen atoms in total. The summed E-state index contributed by atoms with van der Waals surface area (Å²) in [4.78, 5) is 15.7. The zero-order valence-electron chi connectivity index (χ0n) is 10.9. The third-order valence-electron chi connectivity index (χ3n) is 2.63. The molecule has 0 saturated heterocycles. The van der Waals surface area contributed by atoms with E-state index in [9.17, 15) is 9.18 Å². The summed E-state index contributed by atoms with van der Waals surface area (Å²) in [5.41, 5.74) is 0.587. The molecule has 0 amide bonds. The molecule has 0 radical (unpaired) electrons. The summed E-state index contributed by atoms with van der Waals surface area (Å²) in [5.74, 6) is -0.990. The lowest BCUT2D eigenvalue weighted by Crippen LogP contribution is -2.13. The fraction of sp³-hybridized carbons (Fsp3) is 0.308. The van der Waals surface area contributed by atoms with Crippen LogP contribution < -0.4 is 0 Å². The van der Waals surface area contributed by atoms with Crippen LogP contribution in [0.15, 0.2) is 27.2 Å². The Morgan fingerprint density at radius 2 is 2.30 bits per heavy atom. The lowest BCUT2D eigenvalue weighted by molar-refractivity contribution is -0.145. The molecule has 1 aromatic heterocycles. The van der Waals surface area contributed by atoms with E-state index in [1.165, 1.54) is 12.1 Å². The first-order valence-electron chi connectivity index (χ1n) is 5.98. The zero-order chi connectivity index (χ0) is 14.7. The molecule has 0 spiro atoms. The van der Waals surface area contributed by atoms with Crippen molar-refractivity contribution < 1.29 is 18.4 Å². The van der Waals surface area contributed by atoms with Gasteiger partial charge in [0.25, 0.3) is 0 Å². The van der Waals surface area contributed by atoms with Crippen LogP contribution in [-0.2, 0) is 9.53 Å². The molecule has 0 aliphatic heterocycles. The van der Waals surface area contributed by atoms with Crippen molar-refractivity contribution in [2.75, 3.05) is 6.61 Å². The van der Waals surface area contributed by atoms with Crippen LogP contribution in [0.25, 0.3) is 11.4 Å². The second kappa shape index (κ2) is 6.13. The molecule has 0 saturated carbocycles. The molecular formula is C13H12BrFN2O3. The third-order valence-corrected chi connectivity index (χ3v) is 3.24. The number of benzene rings is 1. The molecule has 0 N–H and O–H groups in total. The van der Waals surface area contributed by atoms with Gasteiger partial charge in [-0.25, -0.2) is 4.39 Å². The summed E-state index contributed by atoms with van der Waals surface area (Å²) in [7, 11) is 0. The lowest BCUT2D eigenvalue weighted by atomic mass is 10.2. The van der Waals surface area contributed by atoms with Crippen molar-refractivity contribution in [1.29, 1.82) is 0 Å². The maximum atomic E-state index is 13.2. The van der Waals surface area contributed by atoms with Gasteiger partial charge in [-0.05, 0) is 48.0 Å². The lowest BCUT2D eigenvalue weighted by Gasteiger charge is -2.04. The highest BCUT2D eigenvalue weighted by atomic mass is 79.9. The van der Waals surface area contributed by atoms with Gasteiger partial charge < -0.3 is 9.26 Å². The molecule has 1 heterocycles. The average Bonchev–Trinajstić information content (AvgIpc) is 2.91. The Hall–Kier alpha value is -1.76. The van der Waals surface area contributed by atoms with Crippen molar-refractivity contribution in [2.24, 2.45) is 0 Å². The van der Waals surface area contributed by atoms with E-state index in [0.717, 1.165) is 0 Å². The van der Waals surface area contributed by atoms with E-state index in [1.54, 1.807) is 19.9 Å². The molecule has 1 atom stereocenters. The average molecular weight is 343 g/mol. The Labute approximate surface area is 123 Å². The Morgan fingerprint density at radius 3 is 2.95 bits per heavy atom.